The molecule has 0 aliphatic heterocycles. The van der Waals surface area contributed by atoms with Crippen molar-refractivity contribution in [1.82, 2.24) is 0 Å². The van der Waals surface area contributed by atoms with E-state index in [-0.39, 0.29) is 16.6 Å². The number of hydrogen-bond donors (Lipinski definition) is 2. The second-order valence-corrected chi connectivity index (χ2v) is 6.36. The molecule has 1 fully saturated rings. The van der Waals surface area contributed by atoms with Crippen molar-refractivity contribution < 1.29 is 13.3 Å². The first-order valence-electron chi connectivity index (χ1n) is 5.84. The van der Waals surface area contributed by atoms with Gasteiger partial charge in [-0.1, -0.05) is 6.07 Å². The maximum atomic E-state index is 11.2. The summed E-state index contributed by atoms with van der Waals surface area (Å²) in [5.74, 6) is 0.414. The number of nitro groups is 1. The molecule has 0 saturated heterocycles. The zero-order valence-electron chi connectivity index (χ0n) is 10.2. The molecule has 0 heterocycles. The van der Waals surface area contributed by atoms with Gasteiger partial charge in [-0.25, -0.2) is 13.6 Å². The van der Waals surface area contributed by atoms with Crippen LogP contribution in [0.3, 0.4) is 0 Å². The topological polar surface area (TPSA) is 129 Å². The van der Waals surface area contributed by atoms with Crippen LogP contribution in [-0.4, -0.2) is 19.4 Å². The number of benzene rings is 1. The highest BCUT2D eigenvalue weighted by Gasteiger charge is 2.30. The van der Waals surface area contributed by atoms with Crippen molar-refractivity contribution in [2.24, 2.45) is 16.8 Å². The molecule has 1 aliphatic rings. The minimum absolute atomic E-state index is 0.126. The van der Waals surface area contributed by atoms with Crippen molar-refractivity contribution in [3.8, 4) is 0 Å². The SMILES string of the molecule is NC(Cc1ccc(S(N)(=O)=O)cc1[N+](=O)[O-])C1CC1. The number of sulfonamides is 1. The van der Waals surface area contributed by atoms with Gasteiger partial charge in [0.25, 0.3) is 5.69 Å². The van der Waals surface area contributed by atoms with E-state index in [1.165, 1.54) is 12.1 Å². The van der Waals surface area contributed by atoms with E-state index in [0.29, 0.717) is 17.9 Å². The number of nitro benzene ring substituents is 1. The van der Waals surface area contributed by atoms with Crippen molar-refractivity contribution in [3.05, 3.63) is 33.9 Å². The zero-order valence-corrected chi connectivity index (χ0v) is 11.0. The highest BCUT2D eigenvalue weighted by Crippen LogP contribution is 2.34. The van der Waals surface area contributed by atoms with Crippen molar-refractivity contribution >= 4 is 15.7 Å². The van der Waals surface area contributed by atoms with Crippen LogP contribution in [0.25, 0.3) is 0 Å². The molecule has 1 saturated carbocycles. The number of rotatable bonds is 5. The summed E-state index contributed by atoms with van der Waals surface area (Å²) in [5.41, 5.74) is 6.13. The highest BCUT2D eigenvalue weighted by atomic mass is 32.2. The Balaban J connectivity index is 2.35. The summed E-state index contributed by atoms with van der Waals surface area (Å²) >= 11 is 0. The van der Waals surface area contributed by atoms with E-state index in [1.54, 1.807) is 0 Å². The molecule has 104 valence electrons. The Labute approximate surface area is 110 Å². The maximum absolute atomic E-state index is 11.2. The van der Waals surface area contributed by atoms with Crippen LogP contribution in [0.1, 0.15) is 18.4 Å². The lowest BCUT2D eigenvalue weighted by atomic mass is 10.0. The quantitative estimate of drug-likeness (QED) is 0.601. The van der Waals surface area contributed by atoms with E-state index in [0.717, 1.165) is 18.9 Å². The molecule has 1 aliphatic carbocycles. The van der Waals surface area contributed by atoms with Crippen LogP contribution >= 0.6 is 0 Å². The molecule has 4 N–H and O–H groups in total. The van der Waals surface area contributed by atoms with Gasteiger partial charge in [-0.15, -0.1) is 0 Å². The van der Waals surface area contributed by atoms with Gasteiger partial charge >= 0.3 is 0 Å². The van der Waals surface area contributed by atoms with Crippen molar-refractivity contribution in [2.75, 3.05) is 0 Å². The molecule has 0 amide bonds. The minimum atomic E-state index is -3.94. The van der Waals surface area contributed by atoms with Crippen LogP contribution < -0.4 is 10.9 Å². The molecule has 1 atom stereocenters. The van der Waals surface area contributed by atoms with Gasteiger partial charge in [0.1, 0.15) is 0 Å². The lowest BCUT2D eigenvalue weighted by Crippen LogP contribution is -2.25. The summed E-state index contributed by atoms with van der Waals surface area (Å²) in [6.45, 7) is 0. The fraction of sp³-hybridized carbons (Fsp3) is 0.455. The monoisotopic (exact) mass is 285 g/mol. The van der Waals surface area contributed by atoms with Crippen molar-refractivity contribution in [3.63, 3.8) is 0 Å². The molecule has 1 aromatic carbocycles. The number of nitrogens with two attached hydrogens (primary N) is 2. The lowest BCUT2D eigenvalue weighted by molar-refractivity contribution is -0.385. The van der Waals surface area contributed by atoms with E-state index < -0.39 is 14.9 Å². The second-order valence-electron chi connectivity index (χ2n) is 4.80. The van der Waals surface area contributed by atoms with Crippen molar-refractivity contribution in [2.45, 2.75) is 30.2 Å². The minimum Gasteiger partial charge on any atom is -0.327 e. The molecule has 8 heteroatoms. The van der Waals surface area contributed by atoms with Crippen molar-refractivity contribution in [1.29, 1.82) is 0 Å². The Morgan fingerprint density at radius 2 is 2.05 bits per heavy atom. The molecule has 0 radical (unpaired) electrons. The first kappa shape index (κ1) is 13.9. The Bertz CT molecular complexity index is 610. The third-order valence-corrected chi connectivity index (χ3v) is 4.18. The van der Waals surface area contributed by atoms with Gasteiger partial charge < -0.3 is 5.73 Å². The summed E-state index contributed by atoms with van der Waals surface area (Å²) in [7, 11) is -3.94. The third-order valence-electron chi connectivity index (χ3n) is 3.27. The summed E-state index contributed by atoms with van der Waals surface area (Å²) in [6, 6.07) is 3.56. The van der Waals surface area contributed by atoms with E-state index in [9.17, 15) is 18.5 Å². The molecule has 0 bridgehead atoms. The first-order valence-corrected chi connectivity index (χ1v) is 7.39. The average molecular weight is 285 g/mol. The van der Waals surface area contributed by atoms with Gasteiger partial charge in [0.15, 0.2) is 0 Å². The fourth-order valence-corrected chi connectivity index (χ4v) is 2.54. The summed E-state index contributed by atoms with van der Waals surface area (Å²) in [6.07, 6.45) is 2.46. The largest absolute Gasteiger partial charge is 0.327 e. The number of nitrogens with zero attached hydrogens (tertiary/aromatic N) is 1. The van der Waals surface area contributed by atoms with Crippen LogP contribution in [0.2, 0.25) is 0 Å². The van der Waals surface area contributed by atoms with Gasteiger partial charge in [0, 0.05) is 17.7 Å². The maximum Gasteiger partial charge on any atom is 0.273 e. The summed E-state index contributed by atoms with van der Waals surface area (Å²) in [4.78, 5) is 10.1. The van der Waals surface area contributed by atoms with Crippen LogP contribution in [-0.2, 0) is 16.4 Å². The van der Waals surface area contributed by atoms with Crippen LogP contribution in [0.5, 0.6) is 0 Å². The predicted octanol–water partition coefficient (Wildman–Crippen LogP) is 0.522. The molecule has 1 unspecified atom stereocenters. The Hall–Kier alpha value is -1.51. The van der Waals surface area contributed by atoms with E-state index >= 15 is 0 Å². The zero-order chi connectivity index (χ0) is 14.2. The van der Waals surface area contributed by atoms with E-state index in [4.69, 9.17) is 10.9 Å². The molecular formula is C11H15N3O4S. The molecule has 0 spiro atoms. The van der Waals surface area contributed by atoms with Crippen LogP contribution in [0.4, 0.5) is 5.69 Å². The third kappa shape index (κ3) is 3.28. The molecular weight excluding hydrogens is 270 g/mol. The van der Waals surface area contributed by atoms with Gasteiger partial charge in [-0.05, 0) is 31.2 Å². The Kier molecular flexibility index (Phi) is 3.57. The molecule has 7 nitrogen and oxygen atoms in total. The first-order chi connectivity index (χ1) is 8.79. The molecule has 1 aromatic rings. The molecule has 0 aromatic heterocycles. The van der Waals surface area contributed by atoms with Gasteiger partial charge in [0.05, 0.1) is 9.82 Å². The average Bonchev–Trinajstić information content (AvgIpc) is 3.11. The summed E-state index contributed by atoms with van der Waals surface area (Å²) < 4.78 is 22.4. The van der Waals surface area contributed by atoms with Crippen LogP contribution in [0, 0.1) is 16.0 Å². The molecule has 19 heavy (non-hydrogen) atoms. The van der Waals surface area contributed by atoms with Crippen LogP contribution in [0.15, 0.2) is 23.1 Å². The van der Waals surface area contributed by atoms with Gasteiger partial charge in [0.2, 0.25) is 10.0 Å². The van der Waals surface area contributed by atoms with E-state index in [2.05, 4.69) is 0 Å². The smallest absolute Gasteiger partial charge is 0.273 e. The Morgan fingerprint density at radius 1 is 1.42 bits per heavy atom. The number of hydrogen-bond acceptors (Lipinski definition) is 5. The van der Waals surface area contributed by atoms with E-state index in [1.807, 2.05) is 0 Å². The number of primary sulfonamides is 1. The standard InChI is InChI=1S/C11H15N3O4S/c12-10(7-1-2-7)5-8-3-4-9(19(13,17)18)6-11(8)14(15)16/h3-4,6-7,10H,1-2,5,12H2,(H2,13,17,18). The highest BCUT2D eigenvalue weighted by molar-refractivity contribution is 7.89. The van der Waals surface area contributed by atoms with Gasteiger partial charge in [-0.2, -0.15) is 0 Å². The lowest BCUT2D eigenvalue weighted by Gasteiger charge is -2.11. The fourth-order valence-electron chi connectivity index (χ4n) is 2.01. The molecule has 2 rings (SSSR count). The summed E-state index contributed by atoms with van der Waals surface area (Å²) in [5, 5.41) is 16.0. The Morgan fingerprint density at radius 3 is 2.53 bits per heavy atom. The second kappa shape index (κ2) is 4.87. The normalized spacial score (nSPS) is 17.2. The predicted molar refractivity (Wildman–Crippen MR) is 68.9 cm³/mol. The van der Waals surface area contributed by atoms with Gasteiger partial charge in [-0.3, -0.25) is 10.1 Å².